The highest BCUT2D eigenvalue weighted by atomic mass is 35.5. The molecule has 0 fully saturated rings. The monoisotopic (exact) mass is 510 g/mol. The van der Waals surface area contributed by atoms with Crippen LogP contribution in [0.2, 0.25) is 10.0 Å². The normalized spacial score (nSPS) is 11.5. The molecule has 3 rings (SSSR count). The number of carbonyl (C=O) groups is 1. The molecule has 0 unspecified atom stereocenters. The zero-order valence-corrected chi connectivity index (χ0v) is 20.1. The second-order valence-corrected chi connectivity index (χ2v) is 9.93. The van der Waals surface area contributed by atoms with Crippen molar-refractivity contribution < 1.29 is 22.3 Å². The number of hydrogen-bond acceptors (Lipinski definition) is 4. The van der Waals surface area contributed by atoms with Crippen LogP contribution in [0.1, 0.15) is 41.3 Å². The van der Waals surface area contributed by atoms with Crippen molar-refractivity contribution in [3.8, 4) is 11.5 Å². The lowest BCUT2D eigenvalue weighted by Crippen LogP contribution is -2.23. The van der Waals surface area contributed by atoms with Crippen LogP contribution in [-0.2, 0) is 16.6 Å². The Morgan fingerprint density at radius 1 is 1.09 bits per heavy atom. The fraction of sp³-hybridized carbons (Fsp3) is 0.174. The van der Waals surface area contributed by atoms with Crippen LogP contribution >= 0.6 is 23.2 Å². The minimum Gasteiger partial charge on any atom is -0.454 e. The first-order valence-corrected chi connectivity index (χ1v) is 12.1. The summed E-state index contributed by atoms with van der Waals surface area (Å²) in [5, 5.41) is 8.15. The van der Waals surface area contributed by atoms with Gasteiger partial charge in [-0.3, -0.25) is 4.79 Å². The molecule has 0 spiro atoms. The highest BCUT2D eigenvalue weighted by Gasteiger charge is 2.16. The van der Waals surface area contributed by atoms with Crippen molar-refractivity contribution in [1.82, 2.24) is 5.32 Å². The maximum absolute atomic E-state index is 14.0. The number of benzene rings is 3. The SMILES string of the molecule is CC(C)c1cc(F)cc(Oc2c(Cl)ccc(CNC(=O)c3ccc(S(N)(=O)=O)cc3)c2Cl)c1. The standard InChI is InChI=1S/C23H21Cl2FN2O4S/c1-13(2)16-9-17(26)11-18(10-16)32-22-20(24)8-5-15(21(22)25)12-28-23(29)14-3-6-19(7-4-14)33(27,30)31/h3-11,13H,12H2,1-2H3,(H,28,29)(H2,27,30,31). The summed E-state index contributed by atoms with van der Waals surface area (Å²) < 4.78 is 42.5. The summed E-state index contributed by atoms with van der Waals surface area (Å²) in [5.74, 6) is -0.410. The molecule has 0 aliphatic rings. The predicted octanol–water partition coefficient (Wildman–Crippen LogP) is 5.63. The maximum atomic E-state index is 14.0. The zero-order chi connectivity index (χ0) is 24.3. The Hall–Kier alpha value is -2.65. The molecule has 0 saturated heterocycles. The third-order valence-electron chi connectivity index (χ3n) is 4.79. The van der Waals surface area contributed by atoms with Gasteiger partial charge in [-0.05, 0) is 59.5 Å². The third kappa shape index (κ3) is 6.23. The Kier molecular flexibility index (Phi) is 7.64. The first kappa shape index (κ1) is 25.0. The smallest absolute Gasteiger partial charge is 0.251 e. The molecule has 0 radical (unpaired) electrons. The molecule has 0 saturated carbocycles. The van der Waals surface area contributed by atoms with Gasteiger partial charge in [-0.25, -0.2) is 17.9 Å². The number of nitrogens with one attached hydrogen (secondary N) is 1. The van der Waals surface area contributed by atoms with Gasteiger partial charge in [0.2, 0.25) is 10.0 Å². The fourth-order valence-electron chi connectivity index (χ4n) is 2.97. The van der Waals surface area contributed by atoms with E-state index in [4.69, 9.17) is 33.1 Å². The van der Waals surface area contributed by atoms with Crippen molar-refractivity contribution >= 4 is 39.1 Å². The highest BCUT2D eigenvalue weighted by molar-refractivity contribution is 7.89. The quantitative estimate of drug-likeness (QED) is 0.430. The van der Waals surface area contributed by atoms with Gasteiger partial charge in [0.1, 0.15) is 11.6 Å². The fourth-order valence-corrected chi connectivity index (χ4v) is 4.00. The number of hydrogen-bond donors (Lipinski definition) is 2. The lowest BCUT2D eigenvalue weighted by atomic mass is 10.0. The van der Waals surface area contributed by atoms with E-state index in [1.165, 1.54) is 36.4 Å². The first-order valence-electron chi connectivity index (χ1n) is 9.82. The number of sulfonamides is 1. The summed E-state index contributed by atoms with van der Waals surface area (Å²) in [7, 11) is -3.85. The van der Waals surface area contributed by atoms with Crippen molar-refractivity contribution in [2.75, 3.05) is 0 Å². The van der Waals surface area contributed by atoms with E-state index < -0.39 is 21.7 Å². The summed E-state index contributed by atoms with van der Waals surface area (Å²) in [6, 6.07) is 12.8. The molecule has 0 atom stereocenters. The minimum atomic E-state index is -3.85. The number of amides is 1. The van der Waals surface area contributed by atoms with Crippen LogP contribution in [0.5, 0.6) is 11.5 Å². The van der Waals surface area contributed by atoms with Crippen molar-refractivity contribution in [3.05, 3.63) is 87.2 Å². The van der Waals surface area contributed by atoms with E-state index in [0.717, 1.165) is 5.56 Å². The van der Waals surface area contributed by atoms with Crippen LogP contribution in [0.4, 0.5) is 4.39 Å². The molecule has 0 bridgehead atoms. The lowest BCUT2D eigenvalue weighted by Gasteiger charge is -2.15. The molecule has 0 heterocycles. The van der Waals surface area contributed by atoms with Crippen LogP contribution in [-0.4, -0.2) is 14.3 Å². The van der Waals surface area contributed by atoms with Gasteiger partial charge in [-0.1, -0.05) is 43.1 Å². The first-order chi connectivity index (χ1) is 15.5. The number of rotatable bonds is 7. The van der Waals surface area contributed by atoms with Gasteiger partial charge in [0, 0.05) is 18.2 Å². The Labute approximate surface area is 201 Å². The van der Waals surface area contributed by atoms with E-state index in [2.05, 4.69) is 5.32 Å². The predicted molar refractivity (Wildman–Crippen MR) is 126 cm³/mol. The lowest BCUT2D eigenvalue weighted by molar-refractivity contribution is 0.0950. The van der Waals surface area contributed by atoms with E-state index in [-0.39, 0.29) is 44.5 Å². The highest BCUT2D eigenvalue weighted by Crippen LogP contribution is 2.39. The summed E-state index contributed by atoms with van der Waals surface area (Å²) >= 11 is 12.7. The zero-order valence-electron chi connectivity index (χ0n) is 17.7. The molecule has 0 aromatic heterocycles. The molecule has 1 amide bonds. The van der Waals surface area contributed by atoms with E-state index in [0.29, 0.717) is 5.56 Å². The topological polar surface area (TPSA) is 98.5 Å². The third-order valence-corrected chi connectivity index (χ3v) is 6.43. The number of ether oxygens (including phenoxy) is 1. The molecular weight excluding hydrogens is 490 g/mol. The van der Waals surface area contributed by atoms with E-state index in [9.17, 15) is 17.6 Å². The number of nitrogens with two attached hydrogens (primary N) is 1. The van der Waals surface area contributed by atoms with E-state index in [1.54, 1.807) is 18.2 Å². The van der Waals surface area contributed by atoms with Gasteiger partial charge in [0.15, 0.2) is 5.75 Å². The van der Waals surface area contributed by atoms with Crippen molar-refractivity contribution in [3.63, 3.8) is 0 Å². The summed E-state index contributed by atoms with van der Waals surface area (Å²) in [4.78, 5) is 12.3. The molecular formula is C23H21Cl2FN2O4S. The van der Waals surface area contributed by atoms with E-state index in [1.807, 2.05) is 13.8 Å². The van der Waals surface area contributed by atoms with Gasteiger partial charge in [0.05, 0.1) is 14.9 Å². The van der Waals surface area contributed by atoms with Crippen LogP contribution in [0.3, 0.4) is 0 Å². The summed E-state index contributed by atoms with van der Waals surface area (Å²) in [5.41, 5.74) is 1.52. The Morgan fingerprint density at radius 3 is 2.36 bits per heavy atom. The molecule has 0 aliphatic carbocycles. The largest absolute Gasteiger partial charge is 0.454 e. The average molecular weight is 511 g/mol. The van der Waals surface area contributed by atoms with Gasteiger partial charge in [-0.15, -0.1) is 0 Å². The molecule has 3 aromatic rings. The Morgan fingerprint density at radius 2 is 1.76 bits per heavy atom. The molecule has 3 N–H and O–H groups in total. The number of carbonyl (C=O) groups excluding carboxylic acids is 1. The van der Waals surface area contributed by atoms with E-state index >= 15 is 0 Å². The summed E-state index contributed by atoms with van der Waals surface area (Å²) in [6.07, 6.45) is 0. The van der Waals surface area contributed by atoms with Crippen LogP contribution in [0.15, 0.2) is 59.5 Å². The second-order valence-electron chi connectivity index (χ2n) is 7.58. The van der Waals surface area contributed by atoms with Crippen LogP contribution in [0, 0.1) is 5.82 Å². The molecule has 0 aliphatic heterocycles. The van der Waals surface area contributed by atoms with Gasteiger partial charge < -0.3 is 10.1 Å². The van der Waals surface area contributed by atoms with Crippen molar-refractivity contribution in [2.24, 2.45) is 5.14 Å². The molecule has 33 heavy (non-hydrogen) atoms. The van der Waals surface area contributed by atoms with Crippen LogP contribution in [0.25, 0.3) is 0 Å². The van der Waals surface area contributed by atoms with Crippen LogP contribution < -0.4 is 15.2 Å². The van der Waals surface area contributed by atoms with Gasteiger partial charge in [-0.2, -0.15) is 0 Å². The Balaban J connectivity index is 1.78. The number of halogens is 3. The Bertz CT molecular complexity index is 1300. The maximum Gasteiger partial charge on any atom is 0.251 e. The van der Waals surface area contributed by atoms with Crippen molar-refractivity contribution in [1.29, 1.82) is 0 Å². The minimum absolute atomic E-state index is 0.0442. The van der Waals surface area contributed by atoms with Gasteiger partial charge in [0.25, 0.3) is 5.91 Å². The molecule has 174 valence electrons. The number of primary sulfonamides is 1. The molecule has 10 heteroatoms. The average Bonchev–Trinajstić information content (AvgIpc) is 2.75. The summed E-state index contributed by atoms with van der Waals surface area (Å²) in [6.45, 7) is 3.91. The van der Waals surface area contributed by atoms with Gasteiger partial charge >= 0.3 is 0 Å². The molecule has 3 aromatic carbocycles. The second kappa shape index (κ2) is 10.1. The van der Waals surface area contributed by atoms with Crippen molar-refractivity contribution in [2.45, 2.75) is 31.2 Å². The molecule has 6 nitrogen and oxygen atoms in total.